The van der Waals surface area contributed by atoms with Crippen molar-refractivity contribution >= 4 is 17.8 Å². The highest BCUT2D eigenvalue weighted by atomic mass is 19.1. The van der Waals surface area contributed by atoms with Crippen molar-refractivity contribution in [1.29, 1.82) is 0 Å². The van der Waals surface area contributed by atoms with Gasteiger partial charge in [-0.05, 0) is 108 Å². The van der Waals surface area contributed by atoms with Crippen molar-refractivity contribution < 1.29 is 18.7 Å². The Morgan fingerprint density at radius 1 is 1.20 bits per heavy atom. The van der Waals surface area contributed by atoms with E-state index in [1.54, 1.807) is 11.1 Å². The van der Waals surface area contributed by atoms with E-state index in [0.29, 0.717) is 35.7 Å². The van der Waals surface area contributed by atoms with E-state index in [1.807, 2.05) is 20.8 Å². The normalized spacial score (nSPS) is 28.7. The zero-order chi connectivity index (χ0) is 31.3. The number of nitrogens with one attached hydrogen (secondary N) is 2. The van der Waals surface area contributed by atoms with Crippen LogP contribution in [0, 0.1) is 29.0 Å². The van der Waals surface area contributed by atoms with E-state index in [-0.39, 0.29) is 34.5 Å². The summed E-state index contributed by atoms with van der Waals surface area (Å²) >= 11 is 0. The smallest absolute Gasteiger partial charge is 0.315 e. The van der Waals surface area contributed by atoms with Crippen molar-refractivity contribution in [1.82, 2.24) is 30.4 Å². The molecule has 3 aliphatic heterocycles. The van der Waals surface area contributed by atoms with E-state index in [9.17, 15) is 14.0 Å². The highest BCUT2D eigenvalue weighted by molar-refractivity contribution is 5.97. The van der Waals surface area contributed by atoms with Crippen LogP contribution in [0.5, 0.6) is 11.5 Å². The molecule has 4 atom stereocenters. The molecular weight excluding hydrogens is 573 g/mol. The number of hydrogen-bond acceptors (Lipinski definition) is 7. The van der Waals surface area contributed by atoms with Crippen LogP contribution < -0.4 is 20.3 Å². The maximum Gasteiger partial charge on any atom is 0.315 e. The van der Waals surface area contributed by atoms with Gasteiger partial charge in [0.25, 0.3) is 5.91 Å². The molecule has 2 N–H and O–H groups in total. The van der Waals surface area contributed by atoms with Crippen molar-refractivity contribution in [3.05, 3.63) is 42.1 Å². The number of rotatable bonds is 8. The Morgan fingerprint density at radius 2 is 2.00 bits per heavy atom. The molecule has 3 saturated heterocycles. The summed E-state index contributed by atoms with van der Waals surface area (Å²) in [7, 11) is 0. The second kappa shape index (κ2) is 11.7. The minimum atomic E-state index is -0.481. The van der Waals surface area contributed by atoms with Crippen molar-refractivity contribution in [2.24, 2.45) is 23.2 Å². The number of aromatic nitrogens is 2. The zero-order valence-corrected chi connectivity index (χ0v) is 26.7. The molecule has 6 fully saturated rings. The van der Waals surface area contributed by atoms with Crippen LogP contribution in [-0.2, 0) is 0 Å². The minimum Gasteiger partial charge on any atom is -0.451 e. The SMILES string of the molecule is CCN(C(=O)c1cc(F)ccc1Oc1cncnc1N1CC2(CCN(CC3CC4CCC3CC43CNC(=O)N3)CC2)C1)C(C)C. The number of anilines is 1. The van der Waals surface area contributed by atoms with Gasteiger partial charge in [0.05, 0.1) is 17.3 Å². The first-order valence-corrected chi connectivity index (χ1v) is 16.8. The summed E-state index contributed by atoms with van der Waals surface area (Å²) in [6.45, 7) is 12.3. The fourth-order valence-electron chi connectivity index (χ4n) is 9.04. The van der Waals surface area contributed by atoms with Gasteiger partial charge in [0.15, 0.2) is 11.6 Å². The van der Waals surface area contributed by atoms with Crippen molar-refractivity contribution in [2.75, 3.05) is 50.7 Å². The maximum atomic E-state index is 14.3. The number of carbonyl (C=O) groups is 2. The number of likely N-dealkylation sites (tertiary alicyclic amines) is 1. The third kappa shape index (κ3) is 5.61. The number of carbonyl (C=O) groups excluding carboxylic acids is 2. The molecule has 6 aliphatic rings. The number of hydrogen-bond donors (Lipinski definition) is 2. The van der Waals surface area contributed by atoms with Gasteiger partial charge in [-0.1, -0.05) is 0 Å². The zero-order valence-electron chi connectivity index (χ0n) is 26.7. The summed E-state index contributed by atoms with van der Waals surface area (Å²) in [5, 5.41) is 6.31. The first kappa shape index (κ1) is 30.2. The van der Waals surface area contributed by atoms with Gasteiger partial charge in [0.1, 0.15) is 17.9 Å². The van der Waals surface area contributed by atoms with Crippen LogP contribution in [0.4, 0.5) is 15.0 Å². The Balaban J connectivity index is 0.965. The Bertz CT molecular complexity index is 1440. The molecule has 45 heavy (non-hydrogen) atoms. The van der Waals surface area contributed by atoms with Gasteiger partial charge < -0.3 is 30.1 Å². The lowest BCUT2D eigenvalue weighted by molar-refractivity contribution is -0.0118. The van der Waals surface area contributed by atoms with Crippen LogP contribution in [-0.4, -0.2) is 89.1 Å². The van der Waals surface area contributed by atoms with Crippen molar-refractivity contribution in [3.8, 4) is 11.5 Å². The predicted octanol–water partition coefficient (Wildman–Crippen LogP) is 4.67. The van der Waals surface area contributed by atoms with E-state index in [1.165, 1.54) is 50.3 Å². The van der Waals surface area contributed by atoms with E-state index in [2.05, 4.69) is 30.4 Å². The molecule has 242 valence electrons. The van der Waals surface area contributed by atoms with Crippen LogP contribution in [0.1, 0.15) is 69.7 Å². The van der Waals surface area contributed by atoms with Gasteiger partial charge in [0.2, 0.25) is 0 Å². The largest absolute Gasteiger partial charge is 0.451 e. The van der Waals surface area contributed by atoms with Crippen LogP contribution in [0.3, 0.4) is 0 Å². The molecule has 1 aromatic carbocycles. The molecule has 4 heterocycles. The van der Waals surface area contributed by atoms with Gasteiger partial charge in [-0.15, -0.1) is 0 Å². The fourth-order valence-corrected chi connectivity index (χ4v) is 9.04. The fraction of sp³-hybridized carbons (Fsp3) is 0.647. The number of urea groups is 1. The van der Waals surface area contributed by atoms with Crippen molar-refractivity contribution in [3.63, 3.8) is 0 Å². The summed E-state index contributed by atoms with van der Waals surface area (Å²) < 4.78 is 20.6. The first-order chi connectivity index (χ1) is 21.7. The molecule has 10 nitrogen and oxygen atoms in total. The molecule has 3 saturated carbocycles. The molecular formula is C34H46FN7O3. The summed E-state index contributed by atoms with van der Waals surface area (Å²) in [5.41, 5.74) is 0.460. The Kier molecular flexibility index (Phi) is 7.86. The maximum absolute atomic E-state index is 14.3. The standard InChI is InChI=1S/C34H46FN7O3/c1-4-42(22(2)3)31(43)27-14-26(35)7-8-28(27)45-29-16-36-21-38-30(29)41-19-33(20-41)9-11-40(12-10-33)17-24-13-25-6-5-23(24)15-34(25)18-37-32(44)39-34/h7-8,14,16,21-25H,4-6,9-13,15,17-20H2,1-3H3,(H2,37,39,44). The van der Waals surface area contributed by atoms with Gasteiger partial charge in [-0.3, -0.25) is 4.79 Å². The second-order valence-corrected chi connectivity index (χ2v) is 14.5. The Labute approximate surface area is 265 Å². The van der Waals surface area contributed by atoms with Gasteiger partial charge in [-0.25, -0.2) is 19.2 Å². The summed E-state index contributed by atoms with van der Waals surface area (Å²) in [5.74, 6) is 2.76. The van der Waals surface area contributed by atoms with E-state index in [4.69, 9.17) is 4.74 Å². The molecule has 11 heteroatoms. The van der Waals surface area contributed by atoms with Crippen LogP contribution in [0.15, 0.2) is 30.7 Å². The van der Waals surface area contributed by atoms with E-state index in [0.717, 1.165) is 57.9 Å². The first-order valence-electron chi connectivity index (χ1n) is 16.8. The number of benzene rings is 1. The monoisotopic (exact) mass is 619 g/mol. The topological polar surface area (TPSA) is 103 Å². The number of ether oxygens (including phenoxy) is 1. The number of amides is 3. The molecule has 2 bridgehead atoms. The lowest BCUT2D eigenvalue weighted by Crippen LogP contribution is -2.62. The van der Waals surface area contributed by atoms with E-state index < -0.39 is 5.82 Å². The van der Waals surface area contributed by atoms with Gasteiger partial charge in [0, 0.05) is 44.2 Å². The average Bonchev–Trinajstić information content (AvgIpc) is 3.38. The number of piperidine rings is 1. The quantitative estimate of drug-likeness (QED) is 0.443. The van der Waals surface area contributed by atoms with E-state index >= 15 is 0 Å². The van der Waals surface area contributed by atoms with Crippen LogP contribution >= 0.6 is 0 Å². The molecule has 4 unspecified atom stereocenters. The minimum absolute atomic E-state index is 0.000850. The summed E-state index contributed by atoms with van der Waals surface area (Å²) in [6.07, 6.45) is 10.4. The predicted molar refractivity (Wildman–Crippen MR) is 169 cm³/mol. The molecule has 2 aromatic rings. The lowest BCUT2D eigenvalue weighted by Gasteiger charge is -2.56. The van der Waals surface area contributed by atoms with Crippen LogP contribution in [0.25, 0.3) is 0 Å². The molecule has 3 aliphatic carbocycles. The molecule has 8 rings (SSSR count). The Hall–Kier alpha value is -3.47. The summed E-state index contributed by atoms with van der Waals surface area (Å²) in [4.78, 5) is 40.7. The Morgan fingerprint density at radius 3 is 2.67 bits per heavy atom. The third-order valence-corrected chi connectivity index (χ3v) is 11.5. The lowest BCUT2D eigenvalue weighted by atomic mass is 9.56. The summed E-state index contributed by atoms with van der Waals surface area (Å²) in [6, 6.07) is 4.06. The van der Waals surface area contributed by atoms with Crippen LogP contribution in [0.2, 0.25) is 0 Å². The van der Waals surface area contributed by atoms with Gasteiger partial charge in [-0.2, -0.15) is 0 Å². The molecule has 3 amide bonds. The van der Waals surface area contributed by atoms with Crippen molar-refractivity contribution in [2.45, 2.75) is 70.9 Å². The molecule has 1 aromatic heterocycles. The third-order valence-electron chi connectivity index (χ3n) is 11.5. The molecule has 0 radical (unpaired) electrons. The molecule has 2 spiro atoms. The number of fused-ring (bicyclic) bond motifs is 2. The number of halogens is 1. The van der Waals surface area contributed by atoms with Gasteiger partial charge >= 0.3 is 6.03 Å². The highest BCUT2D eigenvalue weighted by Crippen LogP contribution is 2.52. The number of nitrogens with zero attached hydrogens (tertiary/aromatic N) is 5. The second-order valence-electron chi connectivity index (χ2n) is 14.5. The highest BCUT2D eigenvalue weighted by Gasteiger charge is 2.54. The average molecular weight is 620 g/mol.